The highest BCUT2D eigenvalue weighted by Crippen LogP contribution is 2.44. The molecule has 0 amide bonds. The van der Waals surface area contributed by atoms with Crippen LogP contribution in [0, 0.1) is 0 Å². The fourth-order valence-corrected chi connectivity index (χ4v) is 9.01. The fraction of sp³-hybridized carbons (Fsp3) is 0. The molecule has 0 fully saturated rings. The van der Waals surface area contributed by atoms with Crippen molar-refractivity contribution in [1.29, 1.82) is 0 Å². The lowest BCUT2D eigenvalue weighted by Crippen LogP contribution is -2.13. The van der Waals surface area contributed by atoms with Crippen molar-refractivity contribution in [3.05, 3.63) is 237 Å². The summed E-state index contributed by atoms with van der Waals surface area (Å²) in [6.45, 7) is 0. The molecule has 276 valence electrons. The highest BCUT2D eigenvalue weighted by Gasteiger charge is 2.19. The van der Waals surface area contributed by atoms with E-state index in [1.807, 2.05) is 11.3 Å². The van der Waals surface area contributed by atoms with Gasteiger partial charge in [0.05, 0.1) is 0 Å². The van der Waals surface area contributed by atoms with Gasteiger partial charge in [-0.25, -0.2) is 0 Å². The van der Waals surface area contributed by atoms with Crippen LogP contribution in [0.3, 0.4) is 0 Å². The molecule has 0 spiro atoms. The van der Waals surface area contributed by atoms with Crippen LogP contribution in [0.15, 0.2) is 237 Å². The Balaban J connectivity index is 1.01. The van der Waals surface area contributed by atoms with Gasteiger partial charge in [-0.3, -0.25) is 0 Å². The van der Waals surface area contributed by atoms with Crippen molar-refractivity contribution in [2.45, 2.75) is 0 Å². The molecule has 1 aromatic heterocycles. The first-order chi connectivity index (χ1) is 28.8. The molecule has 1 heterocycles. The fourth-order valence-electron chi connectivity index (χ4n) is 7.89. The Kier molecular flexibility index (Phi) is 9.44. The SMILES string of the molecule is c1ccc(N(c2ccccc2)c2ccc(-c3ccc4sc5cc(N(c6ccccc6)c6cccc(N(c7ccccc7)c7ccccc7)c6)ccc5c4c3)cc2)cc1. The molecule has 0 aliphatic carbocycles. The summed E-state index contributed by atoms with van der Waals surface area (Å²) in [7, 11) is 0. The topological polar surface area (TPSA) is 9.72 Å². The molecule has 10 rings (SSSR count). The molecule has 0 atom stereocenters. The number of rotatable bonds is 10. The summed E-state index contributed by atoms with van der Waals surface area (Å²) >= 11 is 1.85. The largest absolute Gasteiger partial charge is 0.311 e. The first kappa shape index (κ1) is 35.0. The van der Waals surface area contributed by atoms with Crippen LogP contribution in [-0.4, -0.2) is 0 Å². The summed E-state index contributed by atoms with van der Waals surface area (Å²) in [6, 6.07) is 84.5. The standard InChI is InChI=1S/C54H39N3S/c1-6-17-42(18-7-1)55(43-19-8-2-9-20-43)47-32-29-40(30-33-47)41-31-36-53-52(37-41)51-35-34-50(39-54(51)58-53)57(46-25-14-5-15-26-46)49-28-16-27-48(38-49)56(44-21-10-3-11-22-44)45-23-12-4-13-24-45/h1-39H. The monoisotopic (exact) mass is 761 g/mol. The maximum Gasteiger partial charge on any atom is 0.0482 e. The average molecular weight is 762 g/mol. The molecular formula is C54H39N3S. The van der Waals surface area contributed by atoms with Gasteiger partial charge in [-0.1, -0.05) is 121 Å². The lowest BCUT2D eigenvalue weighted by molar-refractivity contribution is 1.25. The second kappa shape index (κ2) is 15.6. The van der Waals surface area contributed by atoms with Gasteiger partial charge in [0.25, 0.3) is 0 Å². The maximum absolute atomic E-state index is 2.36. The van der Waals surface area contributed by atoms with E-state index in [2.05, 4.69) is 251 Å². The number of fused-ring (bicyclic) bond motifs is 3. The number of hydrogen-bond donors (Lipinski definition) is 0. The third-order valence-electron chi connectivity index (χ3n) is 10.6. The molecule has 0 aliphatic heterocycles. The normalized spacial score (nSPS) is 11.1. The van der Waals surface area contributed by atoms with E-state index in [0.717, 1.165) is 51.2 Å². The van der Waals surface area contributed by atoms with Gasteiger partial charge in [-0.15, -0.1) is 11.3 Å². The second-order valence-electron chi connectivity index (χ2n) is 14.2. The van der Waals surface area contributed by atoms with Crippen LogP contribution in [0.5, 0.6) is 0 Å². The van der Waals surface area contributed by atoms with Crippen molar-refractivity contribution in [3.8, 4) is 11.1 Å². The Morgan fingerprint density at radius 2 is 0.586 bits per heavy atom. The van der Waals surface area contributed by atoms with E-state index in [9.17, 15) is 0 Å². The molecule has 0 radical (unpaired) electrons. The Bertz CT molecular complexity index is 2850. The summed E-state index contributed by atoms with van der Waals surface area (Å²) in [5, 5.41) is 2.54. The van der Waals surface area contributed by atoms with Crippen LogP contribution < -0.4 is 14.7 Å². The van der Waals surface area contributed by atoms with Crippen molar-refractivity contribution >= 4 is 82.7 Å². The minimum Gasteiger partial charge on any atom is -0.311 e. The second-order valence-corrected chi connectivity index (χ2v) is 15.3. The van der Waals surface area contributed by atoms with Gasteiger partial charge in [0, 0.05) is 71.4 Å². The minimum absolute atomic E-state index is 1.09. The van der Waals surface area contributed by atoms with Crippen molar-refractivity contribution in [2.75, 3.05) is 14.7 Å². The molecule has 4 heteroatoms. The number of nitrogens with zero attached hydrogens (tertiary/aromatic N) is 3. The Morgan fingerprint density at radius 1 is 0.224 bits per heavy atom. The molecule has 9 aromatic carbocycles. The highest BCUT2D eigenvalue weighted by atomic mass is 32.1. The first-order valence-electron chi connectivity index (χ1n) is 19.6. The van der Waals surface area contributed by atoms with E-state index in [1.54, 1.807) is 0 Å². The summed E-state index contributed by atoms with van der Waals surface area (Å²) < 4.78 is 2.54. The van der Waals surface area contributed by atoms with Gasteiger partial charge in [0.15, 0.2) is 0 Å². The van der Waals surface area contributed by atoms with Crippen LogP contribution >= 0.6 is 11.3 Å². The molecule has 0 saturated heterocycles. The maximum atomic E-state index is 2.36. The van der Waals surface area contributed by atoms with Gasteiger partial charge >= 0.3 is 0 Å². The predicted octanol–water partition coefficient (Wildman–Crippen LogP) is 16.1. The Hall–Kier alpha value is -7.40. The van der Waals surface area contributed by atoms with Crippen LogP contribution in [-0.2, 0) is 0 Å². The zero-order valence-electron chi connectivity index (χ0n) is 31.8. The highest BCUT2D eigenvalue weighted by molar-refractivity contribution is 7.25. The smallest absolute Gasteiger partial charge is 0.0482 e. The van der Waals surface area contributed by atoms with E-state index >= 15 is 0 Å². The molecule has 58 heavy (non-hydrogen) atoms. The number of para-hydroxylation sites is 5. The Morgan fingerprint density at radius 3 is 1.07 bits per heavy atom. The molecule has 3 nitrogen and oxygen atoms in total. The van der Waals surface area contributed by atoms with Gasteiger partial charge in [0.2, 0.25) is 0 Å². The lowest BCUT2D eigenvalue weighted by atomic mass is 10.0. The molecule has 0 N–H and O–H groups in total. The number of thiophene rings is 1. The molecule has 0 bridgehead atoms. The molecule has 0 unspecified atom stereocenters. The van der Waals surface area contributed by atoms with Crippen LogP contribution in [0.4, 0.5) is 51.2 Å². The van der Waals surface area contributed by atoms with E-state index in [4.69, 9.17) is 0 Å². The van der Waals surface area contributed by atoms with Gasteiger partial charge in [0.1, 0.15) is 0 Å². The zero-order valence-corrected chi connectivity index (χ0v) is 32.6. The summed E-state index contributed by atoms with van der Waals surface area (Å²) in [5.41, 5.74) is 12.4. The summed E-state index contributed by atoms with van der Waals surface area (Å²) in [4.78, 5) is 6.98. The Labute approximate surface area is 343 Å². The first-order valence-corrected chi connectivity index (χ1v) is 20.4. The van der Waals surface area contributed by atoms with Crippen molar-refractivity contribution in [3.63, 3.8) is 0 Å². The van der Waals surface area contributed by atoms with Gasteiger partial charge < -0.3 is 14.7 Å². The van der Waals surface area contributed by atoms with E-state index < -0.39 is 0 Å². The van der Waals surface area contributed by atoms with Crippen LogP contribution in [0.25, 0.3) is 31.3 Å². The summed E-state index contributed by atoms with van der Waals surface area (Å²) in [5.74, 6) is 0. The minimum atomic E-state index is 1.09. The zero-order chi connectivity index (χ0) is 38.7. The molecule has 0 aliphatic rings. The number of benzene rings is 9. The van der Waals surface area contributed by atoms with Crippen LogP contribution in [0.2, 0.25) is 0 Å². The van der Waals surface area contributed by atoms with Crippen molar-refractivity contribution < 1.29 is 0 Å². The lowest BCUT2D eigenvalue weighted by Gasteiger charge is -2.29. The third kappa shape index (κ3) is 6.87. The molecule has 10 aromatic rings. The third-order valence-corrected chi connectivity index (χ3v) is 11.7. The van der Waals surface area contributed by atoms with E-state index in [-0.39, 0.29) is 0 Å². The van der Waals surface area contributed by atoms with E-state index in [0.29, 0.717) is 0 Å². The average Bonchev–Trinajstić information content (AvgIpc) is 3.66. The molecule has 0 saturated carbocycles. The number of anilines is 9. The summed E-state index contributed by atoms with van der Waals surface area (Å²) in [6.07, 6.45) is 0. The number of hydrogen-bond acceptors (Lipinski definition) is 4. The van der Waals surface area contributed by atoms with Crippen LogP contribution in [0.1, 0.15) is 0 Å². The van der Waals surface area contributed by atoms with E-state index in [1.165, 1.54) is 31.3 Å². The molecular weight excluding hydrogens is 723 g/mol. The van der Waals surface area contributed by atoms with Crippen molar-refractivity contribution in [1.82, 2.24) is 0 Å². The quantitative estimate of drug-likeness (QED) is 0.137. The van der Waals surface area contributed by atoms with Gasteiger partial charge in [-0.2, -0.15) is 0 Å². The predicted molar refractivity (Wildman–Crippen MR) is 249 cm³/mol. The van der Waals surface area contributed by atoms with Crippen molar-refractivity contribution in [2.24, 2.45) is 0 Å². The van der Waals surface area contributed by atoms with Gasteiger partial charge in [-0.05, 0) is 126 Å².